The largest absolute Gasteiger partial charge is 0.478 e. The van der Waals surface area contributed by atoms with Gasteiger partial charge in [0.2, 0.25) is 5.91 Å². The van der Waals surface area contributed by atoms with Crippen molar-refractivity contribution in [2.75, 3.05) is 16.0 Å². The highest BCUT2D eigenvalue weighted by Gasteiger charge is 2.34. The first-order valence-electron chi connectivity index (χ1n) is 9.04. The van der Waals surface area contributed by atoms with E-state index >= 15 is 0 Å². The Balaban J connectivity index is 1.86. The van der Waals surface area contributed by atoms with Crippen LogP contribution in [0.1, 0.15) is 15.9 Å². The molecule has 12 heteroatoms. The highest BCUT2D eigenvalue weighted by molar-refractivity contribution is 8.15. The van der Waals surface area contributed by atoms with Crippen LogP contribution in [-0.2, 0) is 4.79 Å². The Kier molecular flexibility index (Phi) is 7.03. The quantitative estimate of drug-likeness (QED) is 0.656. The summed E-state index contributed by atoms with van der Waals surface area (Å²) in [5.74, 6) is -2.02. The molecule has 3 amide bonds. The Bertz CT molecular complexity index is 1080. The molecule has 1 unspecified atom stereocenters. The number of amides is 3. The van der Waals surface area contributed by atoms with Gasteiger partial charge in [0.15, 0.2) is 5.17 Å². The highest BCUT2D eigenvalue weighted by atomic mass is 32.2. The molecule has 0 radical (unpaired) electrons. The first kappa shape index (κ1) is 23.1. The second kappa shape index (κ2) is 9.73. The minimum absolute atomic E-state index is 0.0272. The fourth-order valence-corrected chi connectivity index (χ4v) is 3.55. The van der Waals surface area contributed by atoms with Crippen LogP contribution in [0.3, 0.4) is 0 Å². The van der Waals surface area contributed by atoms with Gasteiger partial charge in [-0.15, -0.1) is 0 Å². The lowest BCUT2D eigenvalue weighted by atomic mass is 10.2. The van der Waals surface area contributed by atoms with E-state index in [1.807, 2.05) is 0 Å². The van der Waals surface area contributed by atoms with Gasteiger partial charge in [0.25, 0.3) is 6.36 Å². The summed E-state index contributed by atoms with van der Waals surface area (Å²) in [6.45, 7) is 1.67. The summed E-state index contributed by atoms with van der Waals surface area (Å²) in [7, 11) is 0. The average molecular weight is 467 g/mol. The molecule has 1 atom stereocenters. The normalized spacial score (nSPS) is 15.8. The number of alkyl halides is 3. The van der Waals surface area contributed by atoms with E-state index in [9.17, 15) is 27.6 Å². The molecule has 2 aromatic carbocycles. The lowest BCUT2D eigenvalue weighted by Crippen LogP contribution is -2.31. The number of ether oxygens (including phenoxy) is 1. The first-order chi connectivity index (χ1) is 15.2. The van der Waals surface area contributed by atoms with Gasteiger partial charge in [-0.2, -0.15) is 9.38 Å². The number of amidine groups is 1. The highest BCUT2D eigenvalue weighted by Crippen LogP contribution is 2.36. The van der Waals surface area contributed by atoms with Crippen LogP contribution in [-0.4, -0.2) is 46.7 Å². The van der Waals surface area contributed by atoms with Gasteiger partial charge < -0.3 is 15.2 Å². The van der Waals surface area contributed by atoms with Crippen molar-refractivity contribution in [3.63, 3.8) is 0 Å². The van der Waals surface area contributed by atoms with Gasteiger partial charge in [0.05, 0.1) is 17.0 Å². The Labute approximate surface area is 184 Å². The number of hydrogen-bond donors (Lipinski definition) is 2. The van der Waals surface area contributed by atoms with E-state index in [2.05, 4.69) is 15.0 Å². The van der Waals surface area contributed by atoms with Crippen LogP contribution in [0.4, 0.5) is 29.3 Å². The standard InChI is InChI=1S/C20H16F3N3O5S/c1-10-2-7-14(31-17(23)16(21)22)13(8-10)26-15(27)9-32-20(26)25-19(30)24-12-5-3-11(4-6-12)18(28)29/h2-8,16-17H,9H2,1H3,(H,24,30)(H,28,29). The van der Waals surface area contributed by atoms with Crippen molar-refractivity contribution in [2.24, 2.45) is 4.99 Å². The Morgan fingerprint density at radius 3 is 2.50 bits per heavy atom. The number of benzene rings is 2. The third kappa shape index (κ3) is 5.38. The molecule has 0 spiro atoms. The van der Waals surface area contributed by atoms with Crippen molar-refractivity contribution >= 4 is 46.2 Å². The van der Waals surface area contributed by atoms with Crippen LogP contribution in [0.2, 0.25) is 0 Å². The fraction of sp³-hybridized carbons (Fsp3) is 0.200. The molecule has 0 aliphatic carbocycles. The van der Waals surface area contributed by atoms with Crippen molar-refractivity contribution in [3.8, 4) is 5.75 Å². The molecular formula is C20H16F3N3O5S. The van der Waals surface area contributed by atoms with Gasteiger partial charge in [-0.25, -0.2) is 18.4 Å². The number of anilines is 2. The van der Waals surface area contributed by atoms with E-state index in [4.69, 9.17) is 5.11 Å². The monoisotopic (exact) mass is 467 g/mol. The number of urea groups is 1. The summed E-state index contributed by atoms with van der Waals surface area (Å²) >= 11 is 0.929. The van der Waals surface area contributed by atoms with E-state index < -0.39 is 30.7 Å². The predicted octanol–water partition coefficient (Wildman–Crippen LogP) is 4.30. The van der Waals surface area contributed by atoms with Gasteiger partial charge in [0, 0.05) is 5.69 Å². The minimum atomic E-state index is -3.39. The summed E-state index contributed by atoms with van der Waals surface area (Å²) in [4.78, 5) is 40.5. The molecule has 1 saturated heterocycles. The van der Waals surface area contributed by atoms with E-state index in [0.717, 1.165) is 16.7 Å². The maximum absolute atomic E-state index is 13.5. The number of nitrogens with one attached hydrogen (secondary N) is 1. The zero-order valence-electron chi connectivity index (χ0n) is 16.4. The number of nitrogens with zero attached hydrogens (tertiary/aromatic N) is 2. The van der Waals surface area contributed by atoms with E-state index in [1.54, 1.807) is 6.92 Å². The molecule has 2 aromatic rings. The van der Waals surface area contributed by atoms with Crippen molar-refractivity contribution in [3.05, 3.63) is 53.6 Å². The van der Waals surface area contributed by atoms with Crippen molar-refractivity contribution < 1.29 is 37.4 Å². The van der Waals surface area contributed by atoms with Crippen LogP contribution in [0.5, 0.6) is 5.75 Å². The molecular weight excluding hydrogens is 451 g/mol. The molecule has 168 valence electrons. The summed E-state index contributed by atoms with van der Waals surface area (Å²) in [5.41, 5.74) is 0.897. The molecule has 32 heavy (non-hydrogen) atoms. The fourth-order valence-electron chi connectivity index (χ4n) is 2.69. The number of carboxylic acids is 1. The van der Waals surface area contributed by atoms with Crippen molar-refractivity contribution in [1.29, 1.82) is 0 Å². The average Bonchev–Trinajstić information content (AvgIpc) is 3.09. The lowest BCUT2D eigenvalue weighted by molar-refractivity contribution is -0.115. The number of thioether (sulfide) groups is 1. The summed E-state index contributed by atoms with van der Waals surface area (Å²) in [6.07, 6.45) is -6.29. The Morgan fingerprint density at radius 2 is 1.88 bits per heavy atom. The summed E-state index contributed by atoms with van der Waals surface area (Å²) < 4.78 is 43.4. The molecule has 8 nitrogen and oxygen atoms in total. The number of carboxylic acid groups (broad SMARTS) is 1. The van der Waals surface area contributed by atoms with Gasteiger partial charge in [-0.1, -0.05) is 17.8 Å². The number of hydrogen-bond acceptors (Lipinski definition) is 5. The molecule has 1 fully saturated rings. The maximum Gasteiger partial charge on any atom is 0.347 e. The number of aliphatic imine (C=N–C) groups is 1. The molecule has 1 aliphatic heterocycles. The molecule has 2 N–H and O–H groups in total. The minimum Gasteiger partial charge on any atom is -0.478 e. The number of rotatable bonds is 6. The zero-order chi connectivity index (χ0) is 23.4. The van der Waals surface area contributed by atoms with Crippen LogP contribution >= 0.6 is 11.8 Å². The molecule has 0 saturated carbocycles. The zero-order valence-corrected chi connectivity index (χ0v) is 17.2. The molecule has 0 aromatic heterocycles. The third-order valence-corrected chi connectivity index (χ3v) is 5.06. The summed E-state index contributed by atoms with van der Waals surface area (Å²) in [6, 6.07) is 8.62. The number of aryl methyl sites for hydroxylation is 1. The maximum atomic E-state index is 13.5. The number of carbonyl (C=O) groups excluding carboxylic acids is 2. The van der Waals surface area contributed by atoms with Crippen LogP contribution < -0.4 is 15.0 Å². The molecule has 1 aliphatic rings. The lowest BCUT2D eigenvalue weighted by Gasteiger charge is -2.21. The van der Waals surface area contributed by atoms with Gasteiger partial charge in [0.1, 0.15) is 5.75 Å². The third-order valence-electron chi connectivity index (χ3n) is 4.14. The summed E-state index contributed by atoms with van der Waals surface area (Å²) in [5, 5.41) is 11.3. The van der Waals surface area contributed by atoms with E-state index in [1.165, 1.54) is 42.5 Å². The topological polar surface area (TPSA) is 108 Å². The molecule has 0 bridgehead atoms. The predicted molar refractivity (Wildman–Crippen MR) is 113 cm³/mol. The van der Waals surface area contributed by atoms with E-state index in [0.29, 0.717) is 5.56 Å². The van der Waals surface area contributed by atoms with Gasteiger partial charge in [-0.05, 0) is 48.9 Å². The second-order valence-electron chi connectivity index (χ2n) is 6.50. The smallest absolute Gasteiger partial charge is 0.347 e. The van der Waals surface area contributed by atoms with Gasteiger partial charge in [-0.3, -0.25) is 9.69 Å². The van der Waals surface area contributed by atoms with Crippen molar-refractivity contribution in [2.45, 2.75) is 19.7 Å². The van der Waals surface area contributed by atoms with Crippen LogP contribution in [0.25, 0.3) is 0 Å². The van der Waals surface area contributed by atoms with Crippen LogP contribution in [0, 0.1) is 6.92 Å². The van der Waals surface area contributed by atoms with Crippen LogP contribution in [0.15, 0.2) is 47.5 Å². The number of carbonyl (C=O) groups is 3. The van der Waals surface area contributed by atoms with Gasteiger partial charge >= 0.3 is 18.4 Å². The number of aromatic carboxylic acids is 1. The molecule has 1 heterocycles. The first-order valence-corrected chi connectivity index (χ1v) is 10.0. The van der Waals surface area contributed by atoms with E-state index in [-0.39, 0.29) is 33.6 Å². The molecule has 3 rings (SSSR count). The number of halogens is 3. The Hall–Kier alpha value is -3.54. The Morgan fingerprint density at radius 1 is 1.19 bits per heavy atom. The van der Waals surface area contributed by atoms with Crippen molar-refractivity contribution in [1.82, 2.24) is 0 Å². The second-order valence-corrected chi connectivity index (χ2v) is 7.44. The SMILES string of the molecule is Cc1ccc(OC(F)C(F)F)c(N2C(=O)CSC2=NC(=O)Nc2ccc(C(=O)O)cc2)c1.